The lowest BCUT2D eigenvalue weighted by molar-refractivity contribution is -0.122. The van der Waals surface area contributed by atoms with Crippen molar-refractivity contribution >= 4 is 17.8 Å². The van der Waals surface area contributed by atoms with Crippen molar-refractivity contribution in [2.45, 2.75) is 20.3 Å². The van der Waals surface area contributed by atoms with Crippen molar-refractivity contribution in [3.63, 3.8) is 0 Å². The first-order chi connectivity index (χ1) is 15.0. The zero-order chi connectivity index (χ0) is 22.5. The minimum atomic E-state index is -0.194. The number of carbonyl (C=O) groups excluding carboxylic acids is 2. The van der Waals surface area contributed by atoms with E-state index in [0.717, 1.165) is 50.7 Å². The number of furan rings is 1. The van der Waals surface area contributed by atoms with E-state index in [1.165, 1.54) is 6.26 Å². The molecular weight excluding hydrogens is 400 g/mol. The summed E-state index contributed by atoms with van der Waals surface area (Å²) in [5.74, 6) is 1.07. The van der Waals surface area contributed by atoms with Crippen LogP contribution < -0.4 is 16.0 Å². The lowest BCUT2D eigenvalue weighted by Gasteiger charge is -2.36. The first-order valence-electron chi connectivity index (χ1n) is 10.9. The van der Waals surface area contributed by atoms with Gasteiger partial charge in [0, 0.05) is 65.0 Å². The van der Waals surface area contributed by atoms with Crippen molar-refractivity contribution in [1.29, 1.82) is 0 Å². The monoisotopic (exact) mass is 436 g/mol. The number of nitrogens with zero attached hydrogens (tertiary/aromatic N) is 3. The number of guanidine groups is 1. The summed E-state index contributed by atoms with van der Waals surface area (Å²) in [6, 6.07) is 1.77. The molecule has 174 valence electrons. The molecule has 2 heterocycles. The second-order valence-corrected chi connectivity index (χ2v) is 7.38. The van der Waals surface area contributed by atoms with Gasteiger partial charge in [0.15, 0.2) is 11.7 Å². The highest BCUT2D eigenvalue weighted by molar-refractivity contribution is 5.92. The van der Waals surface area contributed by atoms with Crippen molar-refractivity contribution in [3.05, 3.63) is 23.7 Å². The smallest absolute Gasteiger partial charge is 0.287 e. The molecule has 0 aromatic carbocycles. The third kappa shape index (κ3) is 8.58. The highest BCUT2D eigenvalue weighted by atomic mass is 16.5. The first-order valence-corrected chi connectivity index (χ1v) is 10.9. The number of rotatable bonds is 11. The molecule has 2 amide bonds. The van der Waals surface area contributed by atoms with Crippen LogP contribution in [0.5, 0.6) is 0 Å². The molecule has 10 nitrogen and oxygen atoms in total. The summed E-state index contributed by atoms with van der Waals surface area (Å²) in [7, 11) is 1.62. The maximum absolute atomic E-state index is 12.1. The molecule has 1 aliphatic rings. The molecule has 2 rings (SSSR count). The largest absolute Gasteiger partial charge is 0.459 e. The van der Waals surface area contributed by atoms with Gasteiger partial charge in [0.1, 0.15) is 0 Å². The topological polar surface area (TPSA) is 111 Å². The number of carbonyl (C=O) groups is 2. The molecule has 0 unspecified atom stereocenters. The number of hydrogen-bond donors (Lipinski definition) is 3. The molecule has 0 bridgehead atoms. The van der Waals surface area contributed by atoms with Crippen LogP contribution in [0.2, 0.25) is 0 Å². The maximum atomic E-state index is 12.1. The lowest BCUT2D eigenvalue weighted by Crippen LogP contribution is -2.54. The Morgan fingerprint density at radius 1 is 1.16 bits per heavy atom. The van der Waals surface area contributed by atoms with E-state index in [1.54, 1.807) is 13.2 Å². The van der Waals surface area contributed by atoms with E-state index in [2.05, 4.69) is 25.8 Å². The Morgan fingerprint density at radius 3 is 2.58 bits per heavy atom. The Morgan fingerprint density at radius 2 is 1.94 bits per heavy atom. The second kappa shape index (κ2) is 13.7. The predicted octanol–water partition coefficient (Wildman–Crippen LogP) is 0.0536. The van der Waals surface area contributed by atoms with Crippen LogP contribution in [0.15, 0.2) is 21.7 Å². The summed E-state index contributed by atoms with van der Waals surface area (Å²) in [5, 5.41) is 9.05. The number of amides is 2. The molecule has 0 saturated carbocycles. The van der Waals surface area contributed by atoms with Gasteiger partial charge in [0.05, 0.1) is 19.4 Å². The summed E-state index contributed by atoms with van der Waals surface area (Å²) in [5.41, 5.74) is 0.830. The number of piperazine rings is 1. The van der Waals surface area contributed by atoms with Crippen molar-refractivity contribution in [3.8, 4) is 0 Å². The van der Waals surface area contributed by atoms with E-state index < -0.39 is 0 Å². The lowest BCUT2D eigenvalue weighted by atomic mass is 10.2. The van der Waals surface area contributed by atoms with E-state index in [-0.39, 0.29) is 11.8 Å². The Bertz CT molecular complexity index is 712. The fourth-order valence-corrected chi connectivity index (χ4v) is 3.25. The highest BCUT2D eigenvalue weighted by Gasteiger charge is 2.21. The number of nitrogens with one attached hydrogen (secondary N) is 3. The highest BCUT2D eigenvalue weighted by Crippen LogP contribution is 2.08. The number of methoxy groups -OCH3 is 1. The van der Waals surface area contributed by atoms with Gasteiger partial charge in [-0.3, -0.25) is 19.5 Å². The van der Waals surface area contributed by atoms with Crippen LogP contribution in [-0.2, 0) is 9.53 Å². The third-order valence-corrected chi connectivity index (χ3v) is 4.95. The van der Waals surface area contributed by atoms with Crippen molar-refractivity contribution in [2.75, 3.05) is 72.6 Å². The molecule has 0 spiro atoms. The summed E-state index contributed by atoms with van der Waals surface area (Å²) >= 11 is 0. The van der Waals surface area contributed by atoms with Gasteiger partial charge in [0.2, 0.25) is 5.91 Å². The van der Waals surface area contributed by atoms with Gasteiger partial charge in [-0.15, -0.1) is 0 Å². The zero-order valence-electron chi connectivity index (χ0n) is 18.9. The number of hydrogen-bond acceptors (Lipinski definition) is 6. The van der Waals surface area contributed by atoms with Crippen LogP contribution in [-0.4, -0.2) is 100 Å². The normalized spacial score (nSPS) is 15.1. The van der Waals surface area contributed by atoms with Gasteiger partial charge in [-0.25, -0.2) is 0 Å². The molecule has 10 heteroatoms. The average molecular weight is 437 g/mol. The molecule has 0 atom stereocenters. The number of aliphatic imine (C=N–C) groups is 1. The maximum Gasteiger partial charge on any atom is 0.287 e. The minimum absolute atomic E-state index is 0.0258. The summed E-state index contributed by atoms with van der Waals surface area (Å²) in [4.78, 5) is 33.1. The van der Waals surface area contributed by atoms with Crippen molar-refractivity contribution in [2.24, 2.45) is 4.99 Å². The molecule has 1 aliphatic heterocycles. The Labute approximate surface area is 184 Å². The van der Waals surface area contributed by atoms with Gasteiger partial charge in [-0.05, 0) is 26.3 Å². The summed E-state index contributed by atoms with van der Waals surface area (Å²) < 4.78 is 10.1. The fraction of sp³-hybridized carbons (Fsp3) is 0.667. The summed E-state index contributed by atoms with van der Waals surface area (Å²) in [6.45, 7) is 10.5. The second-order valence-electron chi connectivity index (χ2n) is 7.38. The Balaban J connectivity index is 1.70. The average Bonchev–Trinajstić information content (AvgIpc) is 3.19. The Hall–Kier alpha value is -2.59. The van der Waals surface area contributed by atoms with E-state index >= 15 is 0 Å². The standard InChI is InChI=1S/C21H36N6O4/c1-4-22-21(25-8-5-7-24-20(29)19-17(2)6-14-31-19)27-12-10-26(11-13-27)16-18(28)23-9-15-30-3/h6,14H,4-5,7-13,15-16H2,1-3H3,(H,22,25)(H,23,28)(H,24,29). The van der Waals surface area contributed by atoms with Crippen LogP contribution in [0.3, 0.4) is 0 Å². The third-order valence-electron chi connectivity index (χ3n) is 4.95. The van der Waals surface area contributed by atoms with Crippen molar-refractivity contribution in [1.82, 2.24) is 25.8 Å². The number of ether oxygens (including phenoxy) is 1. The Kier molecular flexibility index (Phi) is 10.9. The van der Waals surface area contributed by atoms with Crippen LogP contribution in [0, 0.1) is 6.92 Å². The molecule has 3 N–H and O–H groups in total. The molecule has 0 radical (unpaired) electrons. The van der Waals surface area contributed by atoms with Crippen LogP contribution in [0.25, 0.3) is 0 Å². The molecule has 31 heavy (non-hydrogen) atoms. The van der Waals surface area contributed by atoms with Crippen LogP contribution in [0.4, 0.5) is 0 Å². The zero-order valence-corrected chi connectivity index (χ0v) is 18.9. The van der Waals surface area contributed by atoms with Crippen molar-refractivity contribution < 1.29 is 18.7 Å². The molecule has 0 aliphatic carbocycles. The quantitative estimate of drug-likeness (QED) is 0.255. The van der Waals surface area contributed by atoms with E-state index in [0.29, 0.717) is 38.5 Å². The van der Waals surface area contributed by atoms with Crippen LogP contribution in [0.1, 0.15) is 29.5 Å². The molecular formula is C21H36N6O4. The van der Waals surface area contributed by atoms with E-state index in [9.17, 15) is 9.59 Å². The van der Waals surface area contributed by atoms with Crippen LogP contribution >= 0.6 is 0 Å². The predicted molar refractivity (Wildman–Crippen MR) is 119 cm³/mol. The van der Waals surface area contributed by atoms with Gasteiger partial charge in [0.25, 0.3) is 5.91 Å². The van der Waals surface area contributed by atoms with Gasteiger partial charge in [-0.1, -0.05) is 0 Å². The summed E-state index contributed by atoms with van der Waals surface area (Å²) in [6.07, 6.45) is 2.26. The van der Waals surface area contributed by atoms with Gasteiger partial charge >= 0.3 is 0 Å². The molecule has 1 aromatic rings. The SMILES string of the molecule is CCNC(=NCCCNC(=O)c1occc1C)N1CCN(CC(=O)NCCOC)CC1. The number of aryl methyl sites for hydroxylation is 1. The molecule has 1 aromatic heterocycles. The minimum Gasteiger partial charge on any atom is -0.459 e. The van der Waals surface area contributed by atoms with Gasteiger partial charge < -0.3 is 30.0 Å². The first kappa shape index (κ1) is 24.7. The molecule has 1 fully saturated rings. The van der Waals surface area contributed by atoms with E-state index in [4.69, 9.17) is 14.1 Å². The fourth-order valence-electron chi connectivity index (χ4n) is 3.25. The van der Waals surface area contributed by atoms with E-state index in [1.807, 2.05) is 13.8 Å². The van der Waals surface area contributed by atoms with Gasteiger partial charge in [-0.2, -0.15) is 0 Å². The molecule has 1 saturated heterocycles.